The Bertz CT molecular complexity index is 421. The maximum atomic E-state index is 10.6. The number of aliphatic carboxylic acids is 4. The summed E-state index contributed by atoms with van der Waals surface area (Å²) in [6.45, 7) is 1.55. The Morgan fingerprint density at radius 1 is 0.864 bits per heavy atom. The van der Waals surface area contributed by atoms with Crippen LogP contribution in [-0.2, 0) is 19.2 Å². The highest BCUT2D eigenvalue weighted by atomic mass is 16.4. The van der Waals surface area contributed by atoms with Crippen molar-refractivity contribution in [3.05, 3.63) is 0 Å². The minimum absolute atomic E-state index is 0.0231. The van der Waals surface area contributed by atoms with Crippen LogP contribution in [0.5, 0.6) is 0 Å². The SMILES string of the molecule is NC(CCC(=O)O)C(=O)O.O=C(O)CCC(C(=O)O)N1CC1. The molecule has 0 aromatic heterocycles. The Morgan fingerprint density at radius 3 is 1.64 bits per heavy atom. The zero-order valence-electron chi connectivity index (χ0n) is 11.8. The van der Waals surface area contributed by atoms with Crippen LogP contribution in [0.25, 0.3) is 0 Å². The van der Waals surface area contributed by atoms with Gasteiger partial charge in [0.2, 0.25) is 0 Å². The van der Waals surface area contributed by atoms with E-state index in [1.54, 1.807) is 4.90 Å². The van der Waals surface area contributed by atoms with E-state index in [2.05, 4.69) is 0 Å². The average Bonchev–Trinajstić information content (AvgIpc) is 3.20. The van der Waals surface area contributed by atoms with Gasteiger partial charge in [-0.05, 0) is 12.8 Å². The number of nitrogens with zero attached hydrogens (tertiary/aromatic N) is 1. The van der Waals surface area contributed by atoms with Gasteiger partial charge < -0.3 is 26.2 Å². The third kappa shape index (κ3) is 9.66. The zero-order chi connectivity index (χ0) is 17.3. The van der Waals surface area contributed by atoms with Gasteiger partial charge in [0.25, 0.3) is 0 Å². The lowest BCUT2D eigenvalue weighted by Gasteiger charge is -2.10. The highest BCUT2D eigenvalue weighted by Crippen LogP contribution is 2.15. The van der Waals surface area contributed by atoms with E-state index in [0.29, 0.717) is 0 Å². The Kier molecular flexibility index (Phi) is 8.72. The van der Waals surface area contributed by atoms with Crippen LogP contribution in [0, 0.1) is 0 Å². The average molecular weight is 320 g/mol. The number of hydrogen-bond acceptors (Lipinski definition) is 6. The molecule has 0 amide bonds. The Balaban J connectivity index is 0.000000409. The van der Waals surface area contributed by atoms with E-state index >= 15 is 0 Å². The van der Waals surface area contributed by atoms with Gasteiger partial charge in [0.05, 0.1) is 0 Å². The summed E-state index contributed by atoms with van der Waals surface area (Å²) in [5.41, 5.74) is 5.00. The maximum Gasteiger partial charge on any atom is 0.320 e. The van der Waals surface area contributed by atoms with Gasteiger partial charge in [-0.3, -0.25) is 24.1 Å². The van der Waals surface area contributed by atoms with Gasteiger partial charge in [-0.25, -0.2) is 0 Å². The molecule has 0 spiro atoms. The molecule has 2 atom stereocenters. The monoisotopic (exact) mass is 320 g/mol. The van der Waals surface area contributed by atoms with Crippen LogP contribution in [0.15, 0.2) is 0 Å². The van der Waals surface area contributed by atoms with E-state index in [9.17, 15) is 19.2 Å². The van der Waals surface area contributed by atoms with E-state index in [1.165, 1.54) is 0 Å². The Hall–Kier alpha value is -2.20. The molecule has 0 aromatic rings. The van der Waals surface area contributed by atoms with Crippen molar-refractivity contribution in [3.63, 3.8) is 0 Å². The molecule has 126 valence electrons. The molecule has 0 saturated carbocycles. The van der Waals surface area contributed by atoms with E-state index < -0.39 is 36.0 Å². The molecule has 1 aliphatic rings. The Labute approximate surface area is 126 Å². The van der Waals surface area contributed by atoms with Gasteiger partial charge in [0.15, 0.2) is 0 Å². The van der Waals surface area contributed by atoms with Crippen LogP contribution < -0.4 is 5.73 Å². The number of carboxylic acid groups (broad SMARTS) is 4. The number of carboxylic acids is 4. The first kappa shape index (κ1) is 19.8. The lowest BCUT2D eigenvalue weighted by Crippen LogP contribution is -2.30. The van der Waals surface area contributed by atoms with Crippen molar-refractivity contribution < 1.29 is 39.6 Å². The fourth-order valence-electron chi connectivity index (χ4n) is 1.49. The number of rotatable bonds is 9. The second-order valence-corrected chi connectivity index (χ2v) is 4.70. The first-order valence-corrected chi connectivity index (χ1v) is 6.54. The van der Waals surface area contributed by atoms with Crippen LogP contribution >= 0.6 is 0 Å². The van der Waals surface area contributed by atoms with Gasteiger partial charge in [-0.15, -0.1) is 0 Å². The number of nitrogens with two attached hydrogens (primary N) is 1. The molecule has 1 fully saturated rings. The zero-order valence-corrected chi connectivity index (χ0v) is 11.8. The fraction of sp³-hybridized carbons (Fsp3) is 0.667. The summed E-state index contributed by atoms with van der Waals surface area (Å²) < 4.78 is 0. The summed E-state index contributed by atoms with van der Waals surface area (Å²) in [5, 5.41) is 33.3. The largest absolute Gasteiger partial charge is 0.481 e. The van der Waals surface area contributed by atoms with Gasteiger partial charge in [-0.2, -0.15) is 0 Å². The van der Waals surface area contributed by atoms with Crippen LogP contribution in [-0.4, -0.2) is 74.4 Å². The molecular formula is C12H20N2O8. The van der Waals surface area contributed by atoms with E-state index in [1.807, 2.05) is 0 Å². The molecule has 0 bridgehead atoms. The molecule has 1 heterocycles. The van der Waals surface area contributed by atoms with Gasteiger partial charge >= 0.3 is 23.9 Å². The van der Waals surface area contributed by atoms with Crippen molar-refractivity contribution in [2.24, 2.45) is 5.73 Å². The van der Waals surface area contributed by atoms with Crippen molar-refractivity contribution in [2.45, 2.75) is 37.8 Å². The first-order valence-electron chi connectivity index (χ1n) is 6.54. The van der Waals surface area contributed by atoms with Gasteiger partial charge in [0.1, 0.15) is 12.1 Å². The molecule has 6 N–H and O–H groups in total. The normalized spacial score (nSPS) is 15.9. The lowest BCUT2D eigenvalue weighted by atomic mass is 10.1. The second kappa shape index (κ2) is 9.68. The number of hydrogen-bond donors (Lipinski definition) is 5. The molecule has 1 aliphatic heterocycles. The molecule has 10 heteroatoms. The highest BCUT2D eigenvalue weighted by Gasteiger charge is 2.32. The van der Waals surface area contributed by atoms with Gasteiger partial charge in [0, 0.05) is 25.9 Å². The molecule has 1 rings (SSSR count). The molecule has 1 saturated heterocycles. The third-order valence-corrected chi connectivity index (χ3v) is 2.83. The van der Waals surface area contributed by atoms with E-state index in [4.69, 9.17) is 26.2 Å². The summed E-state index contributed by atoms with van der Waals surface area (Å²) in [4.78, 5) is 42.3. The fourth-order valence-corrected chi connectivity index (χ4v) is 1.49. The van der Waals surface area contributed by atoms with Crippen molar-refractivity contribution in [1.29, 1.82) is 0 Å². The van der Waals surface area contributed by atoms with Crippen molar-refractivity contribution in [2.75, 3.05) is 13.1 Å². The first-order chi connectivity index (χ1) is 10.1. The van der Waals surface area contributed by atoms with E-state index in [-0.39, 0.29) is 25.7 Å². The molecule has 22 heavy (non-hydrogen) atoms. The summed E-state index contributed by atoms with van der Waals surface area (Å²) in [7, 11) is 0. The number of carbonyl (C=O) groups is 4. The molecule has 2 unspecified atom stereocenters. The highest BCUT2D eigenvalue weighted by molar-refractivity contribution is 5.75. The van der Waals surface area contributed by atoms with Crippen LogP contribution in [0.4, 0.5) is 0 Å². The predicted octanol–water partition coefficient (Wildman–Crippen LogP) is -1.12. The summed E-state index contributed by atoms with van der Waals surface area (Å²) >= 11 is 0. The van der Waals surface area contributed by atoms with Crippen molar-refractivity contribution in [1.82, 2.24) is 4.90 Å². The maximum absolute atomic E-state index is 10.6. The molecule has 0 radical (unpaired) electrons. The Morgan fingerprint density at radius 2 is 1.32 bits per heavy atom. The van der Waals surface area contributed by atoms with Crippen LogP contribution in [0.2, 0.25) is 0 Å². The second-order valence-electron chi connectivity index (χ2n) is 4.70. The van der Waals surface area contributed by atoms with E-state index in [0.717, 1.165) is 13.1 Å². The minimum atomic E-state index is -1.17. The molecule has 0 aromatic carbocycles. The molecule has 0 aliphatic carbocycles. The van der Waals surface area contributed by atoms with Crippen LogP contribution in [0.3, 0.4) is 0 Å². The topological polar surface area (TPSA) is 178 Å². The minimum Gasteiger partial charge on any atom is -0.481 e. The van der Waals surface area contributed by atoms with Crippen molar-refractivity contribution in [3.8, 4) is 0 Å². The van der Waals surface area contributed by atoms with Crippen LogP contribution in [0.1, 0.15) is 25.7 Å². The van der Waals surface area contributed by atoms with Crippen molar-refractivity contribution >= 4 is 23.9 Å². The third-order valence-electron chi connectivity index (χ3n) is 2.83. The van der Waals surface area contributed by atoms with Gasteiger partial charge in [-0.1, -0.05) is 0 Å². The smallest absolute Gasteiger partial charge is 0.320 e. The summed E-state index contributed by atoms with van der Waals surface area (Å²) in [6.07, 6.45) is -0.101. The summed E-state index contributed by atoms with van der Waals surface area (Å²) in [6, 6.07) is -1.66. The predicted molar refractivity (Wildman–Crippen MR) is 72.3 cm³/mol. The standard InChI is InChI=1S/C7H11NO4.C5H9NO4/c9-6(10)2-1-5(7(11)12)8-3-4-8;6-3(5(9)10)1-2-4(7)8/h5H,1-4H2,(H,9,10)(H,11,12);3H,1-2,6H2,(H,7,8)(H,9,10). The summed E-state index contributed by atoms with van der Waals surface area (Å²) in [5.74, 6) is -4.06. The molecule has 10 nitrogen and oxygen atoms in total. The lowest BCUT2D eigenvalue weighted by molar-refractivity contribution is -0.143. The quantitative estimate of drug-likeness (QED) is 0.327. The molecular weight excluding hydrogens is 300 g/mol.